The summed E-state index contributed by atoms with van der Waals surface area (Å²) in [6, 6.07) is 13.1. The van der Waals surface area contributed by atoms with Crippen LogP contribution in [0.3, 0.4) is 0 Å². The summed E-state index contributed by atoms with van der Waals surface area (Å²) in [4.78, 5) is 12.7. The van der Waals surface area contributed by atoms with Crippen LogP contribution < -0.4 is 10.2 Å². The van der Waals surface area contributed by atoms with E-state index in [0.29, 0.717) is 15.6 Å². The van der Waals surface area contributed by atoms with Crippen LogP contribution in [0.25, 0.3) is 10.1 Å². The first-order valence-electron chi connectivity index (χ1n) is 6.94. The third-order valence-corrected chi connectivity index (χ3v) is 5.47. The lowest BCUT2D eigenvalue weighted by atomic mass is 10.2. The van der Waals surface area contributed by atoms with Crippen molar-refractivity contribution in [3.05, 3.63) is 62.4 Å². The van der Waals surface area contributed by atoms with Crippen molar-refractivity contribution in [3.63, 3.8) is 0 Å². The molecule has 1 amide bonds. The zero-order chi connectivity index (χ0) is 17.1. The first-order chi connectivity index (χ1) is 11.6. The van der Waals surface area contributed by atoms with Crippen molar-refractivity contribution >= 4 is 61.1 Å². The number of carbonyl (C=O) groups excluding carboxylic acids is 1. The number of methoxy groups -OCH3 is 1. The standard InChI is InChI=1S/C17H12BrClN2O2S/c1-23-13-7-6-11(18)8-10(13)9-20-21-17(22)16-15(19)12-4-2-3-5-14(12)24-16/h2-9H,1H3,(H,21,22)/b20-9+. The molecule has 4 nitrogen and oxygen atoms in total. The maximum atomic E-state index is 12.3. The molecule has 0 spiro atoms. The average molecular weight is 424 g/mol. The van der Waals surface area contributed by atoms with Crippen LogP contribution in [0.4, 0.5) is 0 Å². The highest BCUT2D eigenvalue weighted by Gasteiger charge is 2.16. The highest BCUT2D eigenvalue weighted by atomic mass is 79.9. The van der Waals surface area contributed by atoms with E-state index < -0.39 is 0 Å². The topological polar surface area (TPSA) is 50.7 Å². The number of fused-ring (bicyclic) bond motifs is 1. The molecule has 3 aromatic rings. The van der Waals surface area contributed by atoms with Crippen LogP contribution in [0.2, 0.25) is 5.02 Å². The summed E-state index contributed by atoms with van der Waals surface area (Å²) < 4.78 is 7.11. The van der Waals surface area contributed by atoms with Gasteiger partial charge in [0.15, 0.2) is 0 Å². The minimum absolute atomic E-state index is 0.341. The fraction of sp³-hybridized carbons (Fsp3) is 0.0588. The predicted molar refractivity (Wildman–Crippen MR) is 103 cm³/mol. The summed E-state index contributed by atoms with van der Waals surface area (Å²) in [5.41, 5.74) is 3.25. The normalized spacial score (nSPS) is 11.1. The maximum absolute atomic E-state index is 12.3. The Morgan fingerprint density at radius 3 is 2.88 bits per heavy atom. The van der Waals surface area contributed by atoms with Gasteiger partial charge in [-0.15, -0.1) is 11.3 Å². The van der Waals surface area contributed by atoms with Gasteiger partial charge >= 0.3 is 0 Å². The van der Waals surface area contributed by atoms with Gasteiger partial charge in [0, 0.05) is 20.1 Å². The van der Waals surface area contributed by atoms with Gasteiger partial charge in [-0.1, -0.05) is 45.7 Å². The summed E-state index contributed by atoms with van der Waals surface area (Å²) in [6.45, 7) is 0. The third-order valence-electron chi connectivity index (χ3n) is 3.30. The van der Waals surface area contributed by atoms with Crippen molar-refractivity contribution < 1.29 is 9.53 Å². The van der Waals surface area contributed by atoms with Crippen molar-refractivity contribution in [1.82, 2.24) is 5.43 Å². The number of carbonyl (C=O) groups is 1. The highest BCUT2D eigenvalue weighted by Crippen LogP contribution is 2.34. The fourth-order valence-electron chi connectivity index (χ4n) is 2.18. The van der Waals surface area contributed by atoms with E-state index in [0.717, 1.165) is 20.1 Å². The first-order valence-corrected chi connectivity index (χ1v) is 8.93. The van der Waals surface area contributed by atoms with Crippen molar-refractivity contribution in [2.24, 2.45) is 5.10 Å². The molecule has 3 rings (SSSR count). The lowest BCUT2D eigenvalue weighted by molar-refractivity contribution is 0.0959. The van der Waals surface area contributed by atoms with Crippen LogP contribution in [-0.4, -0.2) is 19.2 Å². The summed E-state index contributed by atoms with van der Waals surface area (Å²) in [7, 11) is 1.58. The van der Waals surface area contributed by atoms with E-state index in [2.05, 4.69) is 26.5 Å². The van der Waals surface area contributed by atoms with E-state index in [-0.39, 0.29) is 5.91 Å². The number of amides is 1. The zero-order valence-electron chi connectivity index (χ0n) is 12.5. The molecule has 0 unspecified atom stereocenters. The molecule has 0 radical (unpaired) electrons. The van der Waals surface area contributed by atoms with Crippen molar-refractivity contribution in [3.8, 4) is 5.75 Å². The van der Waals surface area contributed by atoms with Gasteiger partial charge in [-0.05, 0) is 24.3 Å². The molecule has 2 aromatic carbocycles. The Morgan fingerprint density at radius 1 is 1.33 bits per heavy atom. The Morgan fingerprint density at radius 2 is 2.12 bits per heavy atom. The second kappa shape index (κ2) is 7.34. The Balaban J connectivity index is 1.80. The maximum Gasteiger partial charge on any atom is 0.283 e. The number of nitrogens with zero attached hydrogens (tertiary/aromatic N) is 1. The average Bonchev–Trinajstić information content (AvgIpc) is 2.92. The third kappa shape index (κ3) is 3.45. The first kappa shape index (κ1) is 17.0. The molecule has 0 aliphatic rings. The van der Waals surface area contributed by atoms with Gasteiger partial charge in [0.1, 0.15) is 10.6 Å². The van der Waals surface area contributed by atoms with Crippen LogP contribution in [0.5, 0.6) is 5.75 Å². The summed E-state index contributed by atoms with van der Waals surface area (Å²) in [5, 5.41) is 5.32. The number of halogens is 2. The van der Waals surface area contributed by atoms with Gasteiger partial charge in [0.05, 0.1) is 18.3 Å². The van der Waals surface area contributed by atoms with Crippen molar-refractivity contribution in [2.45, 2.75) is 0 Å². The summed E-state index contributed by atoms with van der Waals surface area (Å²) in [5.74, 6) is 0.322. The zero-order valence-corrected chi connectivity index (χ0v) is 15.7. The van der Waals surface area contributed by atoms with E-state index >= 15 is 0 Å². The van der Waals surface area contributed by atoms with Crippen LogP contribution in [0.15, 0.2) is 52.0 Å². The van der Waals surface area contributed by atoms with Crippen molar-refractivity contribution in [1.29, 1.82) is 0 Å². The molecule has 0 saturated carbocycles. The molecule has 0 aliphatic heterocycles. The van der Waals surface area contributed by atoms with E-state index in [1.54, 1.807) is 7.11 Å². The van der Waals surface area contributed by atoms with E-state index in [1.165, 1.54) is 17.6 Å². The SMILES string of the molecule is COc1ccc(Br)cc1/C=N/NC(=O)c1sc2ccccc2c1Cl. The number of ether oxygens (including phenoxy) is 1. The molecule has 0 bridgehead atoms. The van der Waals surface area contributed by atoms with Crippen LogP contribution in [0, 0.1) is 0 Å². The van der Waals surface area contributed by atoms with Gasteiger partial charge in [0.2, 0.25) is 0 Å². The number of benzene rings is 2. The van der Waals surface area contributed by atoms with Crippen LogP contribution in [-0.2, 0) is 0 Å². The minimum Gasteiger partial charge on any atom is -0.496 e. The molecule has 0 aliphatic carbocycles. The van der Waals surface area contributed by atoms with E-state index in [1.807, 2.05) is 42.5 Å². The van der Waals surface area contributed by atoms with Crippen molar-refractivity contribution in [2.75, 3.05) is 7.11 Å². The molecule has 0 fully saturated rings. The molecule has 0 atom stereocenters. The smallest absolute Gasteiger partial charge is 0.283 e. The molecule has 1 N–H and O–H groups in total. The predicted octanol–water partition coefficient (Wildman–Crippen LogP) is 5.09. The molecular formula is C17H12BrClN2O2S. The number of hydrogen-bond acceptors (Lipinski definition) is 4. The highest BCUT2D eigenvalue weighted by molar-refractivity contribution is 9.10. The quantitative estimate of drug-likeness (QED) is 0.469. The van der Waals surface area contributed by atoms with Crippen LogP contribution in [0.1, 0.15) is 15.2 Å². The summed E-state index contributed by atoms with van der Waals surface area (Å²) >= 11 is 11.0. The lowest BCUT2D eigenvalue weighted by Gasteiger charge is -2.04. The molecule has 24 heavy (non-hydrogen) atoms. The summed E-state index contributed by atoms with van der Waals surface area (Å²) in [6.07, 6.45) is 1.53. The number of hydrazone groups is 1. The largest absolute Gasteiger partial charge is 0.496 e. The number of rotatable bonds is 4. The Bertz CT molecular complexity index is 939. The Kier molecular flexibility index (Phi) is 5.18. The van der Waals surface area contributed by atoms with E-state index in [9.17, 15) is 4.79 Å². The van der Waals surface area contributed by atoms with Gasteiger partial charge in [-0.25, -0.2) is 5.43 Å². The second-order valence-electron chi connectivity index (χ2n) is 4.83. The molecule has 122 valence electrons. The van der Waals surface area contributed by atoms with E-state index in [4.69, 9.17) is 16.3 Å². The van der Waals surface area contributed by atoms with Crippen LogP contribution >= 0.6 is 38.9 Å². The second-order valence-corrected chi connectivity index (χ2v) is 7.17. The molecule has 1 heterocycles. The van der Waals surface area contributed by atoms with Gasteiger partial charge in [-0.2, -0.15) is 5.10 Å². The molecule has 1 aromatic heterocycles. The number of thiophene rings is 1. The van der Waals surface area contributed by atoms with Gasteiger partial charge in [-0.3, -0.25) is 4.79 Å². The minimum atomic E-state index is -0.341. The molecule has 0 saturated heterocycles. The Hall–Kier alpha value is -1.89. The number of nitrogens with one attached hydrogen (secondary N) is 1. The monoisotopic (exact) mass is 422 g/mol. The fourth-order valence-corrected chi connectivity index (χ4v) is 3.96. The molecule has 7 heteroatoms. The van der Waals surface area contributed by atoms with Gasteiger partial charge in [0.25, 0.3) is 5.91 Å². The number of hydrogen-bond donors (Lipinski definition) is 1. The van der Waals surface area contributed by atoms with Gasteiger partial charge < -0.3 is 4.74 Å². The molecular weight excluding hydrogens is 412 g/mol. The Labute approximate surface area is 156 Å². The lowest BCUT2D eigenvalue weighted by Crippen LogP contribution is -2.16.